The van der Waals surface area contributed by atoms with Crippen molar-refractivity contribution in [3.8, 4) is 5.75 Å². The molecule has 1 aliphatic rings. The predicted octanol–water partition coefficient (Wildman–Crippen LogP) is 2.06. The maximum atomic E-state index is 12.0. The van der Waals surface area contributed by atoms with Crippen LogP contribution in [0, 0.1) is 0 Å². The van der Waals surface area contributed by atoms with Crippen molar-refractivity contribution in [3.05, 3.63) is 23.8 Å². The Morgan fingerprint density at radius 2 is 2.39 bits per heavy atom. The standard InChI is InChI=1S/C14H20N2O2/c1-2-3-6-15-10-13(17)11-4-5-14-12(9-11)16-7-8-18-14/h4-5,9,15-16H,2-3,6-8,10H2,1H3. The number of hydrogen-bond acceptors (Lipinski definition) is 4. The Balaban J connectivity index is 1.94. The molecular weight excluding hydrogens is 228 g/mol. The number of ketones is 1. The third-order valence-electron chi connectivity index (χ3n) is 2.97. The van der Waals surface area contributed by atoms with Crippen molar-refractivity contribution in [3.63, 3.8) is 0 Å². The molecule has 98 valence electrons. The van der Waals surface area contributed by atoms with Crippen LogP contribution in [0.2, 0.25) is 0 Å². The third kappa shape index (κ3) is 3.23. The molecule has 1 aliphatic heterocycles. The van der Waals surface area contributed by atoms with Crippen LogP contribution in [0.15, 0.2) is 18.2 Å². The van der Waals surface area contributed by atoms with Crippen LogP contribution in [0.5, 0.6) is 5.75 Å². The minimum absolute atomic E-state index is 0.126. The molecule has 2 N–H and O–H groups in total. The number of nitrogens with one attached hydrogen (secondary N) is 2. The summed E-state index contributed by atoms with van der Waals surface area (Å²) in [7, 11) is 0. The molecular formula is C14H20N2O2. The molecule has 18 heavy (non-hydrogen) atoms. The molecule has 4 nitrogen and oxygen atoms in total. The van der Waals surface area contributed by atoms with Gasteiger partial charge in [0.1, 0.15) is 12.4 Å². The predicted molar refractivity (Wildman–Crippen MR) is 72.5 cm³/mol. The van der Waals surface area contributed by atoms with E-state index in [4.69, 9.17) is 4.74 Å². The first-order valence-electron chi connectivity index (χ1n) is 6.56. The van der Waals surface area contributed by atoms with Gasteiger partial charge < -0.3 is 15.4 Å². The van der Waals surface area contributed by atoms with Crippen LogP contribution in [-0.4, -0.2) is 32.0 Å². The molecule has 1 aromatic carbocycles. The molecule has 0 fully saturated rings. The van der Waals surface area contributed by atoms with E-state index in [0.717, 1.165) is 42.9 Å². The van der Waals surface area contributed by atoms with E-state index in [1.165, 1.54) is 0 Å². The molecule has 0 bridgehead atoms. The van der Waals surface area contributed by atoms with Crippen LogP contribution in [-0.2, 0) is 0 Å². The Hall–Kier alpha value is -1.55. The van der Waals surface area contributed by atoms with E-state index in [1.54, 1.807) is 0 Å². The molecule has 2 rings (SSSR count). The molecule has 1 aromatic rings. The van der Waals surface area contributed by atoms with Gasteiger partial charge in [0.05, 0.1) is 12.2 Å². The largest absolute Gasteiger partial charge is 0.490 e. The summed E-state index contributed by atoms with van der Waals surface area (Å²) >= 11 is 0. The summed E-state index contributed by atoms with van der Waals surface area (Å²) in [6, 6.07) is 5.56. The first-order valence-corrected chi connectivity index (χ1v) is 6.56. The van der Waals surface area contributed by atoms with Crippen molar-refractivity contribution in [2.24, 2.45) is 0 Å². The lowest BCUT2D eigenvalue weighted by Gasteiger charge is -2.19. The van der Waals surface area contributed by atoms with Crippen LogP contribution in [0.4, 0.5) is 5.69 Å². The first kappa shape index (κ1) is 12.9. The summed E-state index contributed by atoms with van der Waals surface area (Å²) in [4.78, 5) is 12.0. The van der Waals surface area contributed by atoms with Gasteiger partial charge in [0, 0.05) is 12.1 Å². The quantitative estimate of drug-likeness (QED) is 0.597. The van der Waals surface area contributed by atoms with Crippen molar-refractivity contribution in [1.82, 2.24) is 5.32 Å². The van der Waals surface area contributed by atoms with E-state index >= 15 is 0 Å². The van der Waals surface area contributed by atoms with E-state index in [-0.39, 0.29) is 5.78 Å². The topological polar surface area (TPSA) is 50.4 Å². The fourth-order valence-corrected chi connectivity index (χ4v) is 1.92. The third-order valence-corrected chi connectivity index (χ3v) is 2.97. The van der Waals surface area contributed by atoms with Gasteiger partial charge in [-0.05, 0) is 31.2 Å². The summed E-state index contributed by atoms with van der Waals surface area (Å²) in [5, 5.41) is 6.40. The first-order chi connectivity index (χ1) is 8.81. The van der Waals surface area contributed by atoms with Crippen LogP contribution >= 0.6 is 0 Å². The number of hydrogen-bond donors (Lipinski definition) is 2. The van der Waals surface area contributed by atoms with Crippen LogP contribution in [0.25, 0.3) is 0 Å². The number of ether oxygens (including phenoxy) is 1. The highest BCUT2D eigenvalue weighted by atomic mass is 16.5. The summed E-state index contributed by atoms with van der Waals surface area (Å²) in [5.74, 6) is 0.956. The zero-order valence-corrected chi connectivity index (χ0v) is 10.8. The summed E-state index contributed by atoms with van der Waals surface area (Å²) in [6.07, 6.45) is 2.24. The number of carbonyl (C=O) groups excluding carboxylic acids is 1. The van der Waals surface area contributed by atoms with Gasteiger partial charge in [0.25, 0.3) is 0 Å². The molecule has 0 radical (unpaired) electrons. The number of anilines is 1. The minimum Gasteiger partial charge on any atom is -0.490 e. The van der Waals surface area contributed by atoms with Gasteiger partial charge >= 0.3 is 0 Å². The lowest BCUT2D eigenvalue weighted by atomic mass is 10.1. The SMILES string of the molecule is CCCCNCC(=O)c1ccc2c(c1)NCCO2. The molecule has 0 aromatic heterocycles. The second kappa shape index (κ2) is 6.40. The van der Waals surface area contributed by atoms with Crippen LogP contribution in [0.1, 0.15) is 30.1 Å². The highest BCUT2D eigenvalue weighted by Gasteiger charge is 2.12. The van der Waals surface area contributed by atoms with E-state index in [1.807, 2.05) is 18.2 Å². The number of Topliss-reactive ketones (excluding diaryl/α,β-unsaturated/α-hetero) is 1. The maximum absolute atomic E-state index is 12.0. The summed E-state index contributed by atoms with van der Waals surface area (Å²) in [6.45, 7) is 4.91. The van der Waals surface area contributed by atoms with Gasteiger partial charge in [-0.1, -0.05) is 13.3 Å². The maximum Gasteiger partial charge on any atom is 0.176 e. The molecule has 0 spiro atoms. The fourth-order valence-electron chi connectivity index (χ4n) is 1.92. The Kier molecular flexibility index (Phi) is 4.59. The minimum atomic E-state index is 0.126. The number of rotatable bonds is 6. The summed E-state index contributed by atoms with van der Waals surface area (Å²) in [5.41, 5.74) is 1.65. The van der Waals surface area contributed by atoms with E-state index in [9.17, 15) is 4.79 Å². The van der Waals surface area contributed by atoms with Crippen molar-refractivity contribution in [2.45, 2.75) is 19.8 Å². The van der Waals surface area contributed by atoms with Gasteiger partial charge in [0.2, 0.25) is 0 Å². The monoisotopic (exact) mass is 248 g/mol. The van der Waals surface area contributed by atoms with Crippen molar-refractivity contribution < 1.29 is 9.53 Å². The Labute approximate surface area is 108 Å². The Bertz CT molecular complexity index is 418. The molecule has 0 amide bonds. The average Bonchev–Trinajstić information content (AvgIpc) is 2.43. The number of benzene rings is 1. The zero-order valence-electron chi connectivity index (χ0n) is 10.8. The molecule has 0 saturated carbocycles. The van der Waals surface area contributed by atoms with E-state index in [0.29, 0.717) is 13.2 Å². The van der Waals surface area contributed by atoms with Crippen molar-refractivity contribution >= 4 is 11.5 Å². The second-order valence-corrected chi connectivity index (χ2v) is 4.44. The zero-order chi connectivity index (χ0) is 12.8. The number of fused-ring (bicyclic) bond motifs is 1. The molecule has 0 saturated heterocycles. The molecule has 1 heterocycles. The molecule has 0 atom stereocenters. The molecule has 4 heteroatoms. The summed E-state index contributed by atoms with van der Waals surface area (Å²) < 4.78 is 5.48. The highest BCUT2D eigenvalue weighted by Crippen LogP contribution is 2.28. The Morgan fingerprint density at radius 1 is 1.50 bits per heavy atom. The lowest BCUT2D eigenvalue weighted by Crippen LogP contribution is -2.24. The van der Waals surface area contributed by atoms with E-state index in [2.05, 4.69) is 17.6 Å². The van der Waals surface area contributed by atoms with Gasteiger partial charge in [-0.15, -0.1) is 0 Å². The number of unbranched alkanes of at least 4 members (excludes halogenated alkanes) is 1. The second-order valence-electron chi connectivity index (χ2n) is 4.44. The van der Waals surface area contributed by atoms with E-state index < -0.39 is 0 Å². The van der Waals surface area contributed by atoms with Gasteiger partial charge in [-0.3, -0.25) is 4.79 Å². The molecule has 0 unspecified atom stereocenters. The number of carbonyl (C=O) groups is 1. The van der Waals surface area contributed by atoms with Crippen molar-refractivity contribution in [2.75, 3.05) is 31.6 Å². The fraction of sp³-hybridized carbons (Fsp3) is 0.500. The molecule has 0 aliphatic carbocycles. The van der Waals surface area contributed by atoms with Crippen LogP contribution < -0.4 is 15.4 Å². The lowest BCUT2D eigenvalue weighted by molar-refractivity contribution is 0.0991. The van der Waals surface area contributed by atoms with Gasteiger partial charge in [0.15, 0.2) is 5.78 Å². The van der Waals surface area contributed by atoms with Gasteiger partial charge in [-0.2, -0.15) is 0 Å². The Morgan fingerprint density at radius 3 is 3.22 bits per heavy atom. The van der Waals surface area contributed by atoms with Crippen LogP contribution in [0.3, 0.4) is 0 Å². The average molecular weight is 248 g/mol. The normalized spacial score (nSPS) is 13.4. The smallest absolute Gasteiger partial charge is 0.176 e. The highest BCUT2D eigenvalue weighted by molar-refractivity contribution is 5.98. The van der Waals surface area contributed by atoms with Crippen molar-refractivity contribution in [1.29, 1.82) is 0 Å². The van der Waals surface area contributed by atoms with Gasteiger partial charge in [-0.25, -0.2) is 0 Å².